The molecule has 11 heteroatoms. The maximum absolute atomic E-state index is 6.25. The number of aromatic nitrogens is 5. The number of rotatable bonds is 5. The van der Waals surface area contributed by atoms with Crippen LogP contribution in [-0.2, 0) is 0 Å². The molecule has 0 spiro atoms. The first-order valence-electron chi connectivity index (χ1n) is 8.57. The molecule has 1 aliphatic heterocycles. The molecule has 1 saturated heterocycles. The first-order valence-corrected chi connectivity index (χ1v) is 8.95. The lowest BCUT2D eigenvalue weighted by atomic mass is 10.1. The molecule has 1 unspecified atom stereocenters. The normalized spacial score (nSPS) is 16.5. The molecule has 0 saturated carbocycles. The van der Waals surface area contributed by atoms with E-state index in [-0.39, 0.29) is 24.3 Å². The van der Waals surface area contributed by atoms with Crippen molar-refractivity contribution in [2.24, 2.45) is 0 Å². The van der Waals surface area contributed by atoms with Gasteiger partial charge in [-0.05, 0) is 31.5 Å². The molecule has 1 atom stereocenters. The number of methoxy groups -OCH3 is 2. The molecule has 9 nitrogen and oxygen atoms in total. The molecule has 0 radical (unpaired) electrons. The third kappa shape index (κ3) is 3.91. The Bertz CT molecular complexity index is 939. The van der Waals surface area contributed by atoms with Gasteiger partial charge in [-0.3, -0.25) is 0 Å². The monoisotopic (exact) mass is 426 g/mol. The van der Waals surface area contributed by atoms with E-state index in [9.17, 15) is 0 Å². The summed E-state index contributed by atoms with van der Waals surface area (Å²) in [5, 5.41) is 12.3. The maximum Gasteiger partial charge on any atom is 0.297 e. The number of ether oxygens (including phenoxy) is 2. The molecule has 0 amide bonds. The maximum atomic E-state index is 6.25. The lowest BCUT2D eigenvalue weighted by molar-refractivity contribution is 0.345. The molecule has 0 aliphatic carbocycles. The highest BCUT2D eigenvalue weighted by Crippen LogP contribution is 2.38. The molecule has 1 N–H and O–H groups in total. The zero-order valence-corrected chi connectivity index (χ0v) is 17.0. The summed E-state index contributed by atoms with van der Waals surface area (Å²) in [6.07, 6.45) is 3.88. The Labute approximate surface area is 172 Å². The van der Waals surface area contributed by atoms with Crippen LogP contribution < -0.4 is 14.8 Å². The minimum absolute atomic E-state index is 0. The van der Waals surface area contributed by atoms with Gasteiger partial charge in [0.05, 0.1) is 25.3 Å². The average Bonchev–Trinajstić information content (AvgIpc) is 3.37. The Morgan fingerprint density at radius 2 is 2.11 bits per heavy atom. The van der Waals surface area contributed by atoms with E-state index >= 15 is 0 Å². The van der Waals surface area contributed by atoms with Gasteiger partial charge in [0.2, 0.25) is 11.6 Å². The third-order valence-corrected chi connectivity index (χ3v) is 4.74. The lowest BCUT2D eigenvalue weighted by Crippen LogP contribution is -2.31. The van der Waals surface area contributed by atoms with Crippen LogP contribution in [0.5, 0.6) is 11.5 Å². The van der Waals surface area contributed by atoms with Gasteiger partial charge in [0, 0.05) is 12.1 Å². The molecular weight excluding hydrogens is 407 g/mol. The highest BCUT2D eigenvalue weighted by molar-refractivity contribution is 6.32. The Morgan fingerprint density at radius 1 is 1.25 bits per heavy atom. The van der Waals surface area contributed by atoms with E-state index in [1.54, 1.807) is 18.5 Å². The van der Waals surface area contributed by atoms with Gasteiger partial charge in [0.1, 0.15) is 6.33 Å². The third-order valence-electron chi connectivity index (χ3n) is 4.46. The topological polar surface area (TPSA) is 100 Å². The second-order valence-corrected chi connectivity index (χ2v) is 6.57. The minimum Gasteiger partial charge on any atom is -0.493 e. The smallest absolute Gasteiger partial charge is 0.297 e. The summed E-state index contributed by atoms with van der Waals surface area (Å²) in [7, 11) is 3.07. The standard InChI is InChI=1S/C17H19ClN6O3.ClH/c1-25-13-7-10(6-12(18)14(13)26-2)15-21-17(27-23-15)16-20-9-24(22-16)11-4-3-5-19-8-11;/h6-7,9,11,19H,3-5,8H2,1-2H3;1H. The van der Waals surface area contributed by atoms with Crippen LogP contribution in [-0.4, -0.2) is 52.2 Å². The Kier molecular flexibility index (Phi) is 6.38. The van der Waals surface area contributed by atoms with E-state index in [0.717, 1.165) is 25.9 Å². The number of benzene rings is 1. The van der Waals surface area contributed by atoms with Crippen molar-refractivity contribution < 1.29 is 14.0 Å². The van der Waals surface area contributed by atoms with Crippen molar-refractivity contribution in [2.45, 2.75) is 18.9 Å². The van der Waals surface area contributed by atoms with E-state index in [0.29, 0.717) is 33.7 Å². The first-order chi connectivity index (χ1) is 13.2. The summed E-state index contributed by atoms with van der Waals surface area (Å²) in [6, 6.07) is 3.71. The van der Waals surface area contributed by atoms with Crippen LogP contribution in [0.25, 0.3) is 23.1 Å². The molecule has 3 aromatic rings. The highest BCUT2D eigenvalue weighted by Gasteiger charge is 2.21. The van der Waals surface area contributed by atoms with Gasteiger partial charge in [-0.25, -0.2) is 9.67 Å². The van der Waals surface area contributed by atoms with Crippen LogP contribution >= 0.6 is 24.0 Å². The fourth-order valence-corrected chi connectivity index (χ4v) is 3.37. The Hall–Kier alpha value is -2.36. The van der Waals surface area contributed by atoms with Crippen molar-refractivity contribution in [2.75, 3.05) is 27.3 Å². The number of piperidine rings is 1. The Morgan fingerprint density at radius 3 is 2.82 bits per heavy atom. The van der Waals surface area contributed by atoms with Crippen molar-refractivity contribution in [1.29, 1.82) is 0 Å². The van der Waals surface area contributed by atoms with Crippen LogP contribution in [0.4, 0.5) is 0 Å². The summed E-state index contributed by atoms with van der Waals surface area (Å²) >= 11 is 6.25. The van der Waals surface area contributed by atoms with Gasteiger partial charge in [0.25, 0.3) is 5.89 Å². The molecule has 1 aliphatic rings. The van der Waals surface area contributed by atoms with Crippen LogP contribution in [0.2, 0.25) is 5.02 Å². The largest absolute Gasteiger partial charge is 0.493 e. The first kappa shape index (κ1) is 20.4. The fraction of sp³-hybridized carbons (Fsp3) is 0.412. The highest BCUT2D eigenvalue weighted by atomic mass is 35.5. The zero-order valence-electron chi connectivity index (χ0n) is 15.4. The molecular formula is C17H20Cl2N6O3. The summed E-state index contributed by atoms with van der Waals surface area (Å²) in [6.45, 7) is 1.92. The number of nitrogens with zero attached hydrogens (tertiary/aromatic N) is 5. The van der Waals surface area contributed by atoms with Gasteiger partial charge in [-0.15, -0.1) is 17.5 Å². The SMILES string of the molecule is COc1cc(-c2noc(-c3ncn(C4CCCNC4)n3)n2)cc(Cl)c1OC.Cl. The van der Waals surface area contributed by atoms with Crippen LogP contribution in [0.3, 0.4) is 0 Å². The van der Waals surface area contributed by atoms with Crippen LogP contribution in [0, 0.1) is 0 Å². The van der Waals surface area contributed by atoms with E-state index in [1.807, 2.05) is 4.68 Å². The van der Waals surface area contributed by atoms with Gasteiger partial charge < -0.3 is 19.3 Å². The Balaban J connectivity index is 0.00000225. The molecule has 4 rings (SSSR count). The quantitative estimate of drug-likeness (QED) is 0.664. The molecule has 3 heterocycles. The molecule has 1 fully saturated rings. The second-order valence-electron chi connectivity index (χ2n) is 6.17. The fourth-order valence-electron chi connectivity index (χ4n) is 3.09. The van der Waals surface area contributed by atoms with Gasteiger partial charge in [-0.2, -0.15) is 4.98 Å². The summed E-state index contributed by atoms with van der Waals surface area (Å²) < 4.78 is 17.7. The second kappa shape index (κ2) is 8.76. The average molecular weight is 427 g/mol. The summed E-state index contributed by atoms with van der Waals surface area (Å²) in [5.41, 5.74) is 0.642. The molecule has 1 aromatic carbocycles. The van der Waals surface area contributed by atoms with E-state index < -0.39 is 0 Å². The van der Waals surface area contributed by atoms with Gasteiger partial charge in [0.15, 0.2) is 11.5 Å². The van der Waals surface area contributed by atoms with Crippen LogP contribution in [0.1, 0.15) is 18.9 Å². The van der Waals surface area contributed by atoms with E-state index in [1.165, 1.54) is 14.2 Å². The molecule has 0 bridgehead atoms. The van der Waals surface area contributed by atoms with Crippen molar-refractivity contribution >= 4 is 24.0 Å². The number of hydrogen-bond donors (Lipinski definition) is 1. The minimum atomic E-state index is 0. The predicted molar refractivity (Wildman–Crippen MR) is 105 cm³/mol. The summed E-state index contributed by atoms with van der Waals surface area (Å²) in [5.74, 6) is 1.94. The molecule has 28 heavy (non-hydrogen) atoms. The molecule has 150 valence electrons. The zero-order chi connectivity index (χ0) is 18.8. The van der Waals surface area contributed by atoms with E-state index in [4.69, 9.17) is 25.6 Å². The van der Waals surface area contributed by atoms with Gasteiger partial charge >= 0.3 is 0 Å². The van der Waals surface area contributed by atoms with Crippen molar-refractivity contribution in [3.05, 3.63) is 23.5 Å². The molecule has 2 aromatic heterocycles. The van der Waals surface area contributed by atoms with Crippen LogP contribution in [0.15, 0.2) is 23.0 Å². The predicted octanol–water partition coefficient (Wildman–Crippen LogP) is 3.01. The van der Waals surface area contributed by atoms with Crippen molar-refractivity contribution in [3.8, 4) is 34.6 Å². The lowest BCUT2D eigenvalue weighted by Gasteiger charge is -2.22. The van der Waals surface area contributed by atoms with Crippen molar-refractivity contribution in [3.63, 3.8) is 0 Å². The van der Waals surface area contributed by atoms with Gasteiger partial charge in [-0.1, -0.05) is 16.8 Å². The van der Waals surface area contributed by atoms with Crippen molar-refractivity contribution in [1.82, 2.24) is 30.2 Å². The number of nitrogens with one attached hydrogen (secondary N) is 1. The van der Waals surface area contributed by atoms with E-state index in [2.05, 4.69) is 25.5 Å². The number of halogens is 2. The number of hydrogen-bond acceptors (Lipinski definition) is 8. The summed E-state index contributed by atoms with van der Waals surface area (Å²) in [4.78, 5) is 8.70.